The second-order valence-electron chi connectivity index (χ2n) is 5.18. The van der Waals surface area contributed by atoms with Crippen molar-refractivity contribution in [2.75, 3.05) is 17.2 Å². The molecule has 1 amide bonds. The van der Waals surface area contributed by atoms with E-state index in [0.717, 1.165) is 22.5 Å². The topological polar surface area (TPSA) is 46.3 Å². The summed E-state index contributed by atoms with van der Waals surface area (Å²) in [5.41, 5.74) is 9.83. The Morgan fingerprint density at radius 3 is 2.50 bits per heavy atom. The number of aryl methyl sites for hydroxylation is 2. The summed E-state index contributed by atoms with van der Waals surface area (Å²) in [7, 11) is 0. The van der Waals surface area contributed by atoms with Gasteiger partial charge in [0.05, 0.1) is 0 Å². The number of para-hydroxylation sites is 1. The quantitative estimate of drug-likeness (QED) is 0.847. The molecule has 2 aromatic carbocycles. The summed E-state index contributed by atoms with van der Waals surface area (Å²) < 4.78 is 0. The van der Waals surface area contributed by atoms with E-state index in [-0.39, 0.29) is 18.3 Å². The van der Waals surface area contributed by atoms with Gasteiger partial charge in [-0.25, -0.2) is 0 Å². The zero-order valence-corrected chi connectivity index (χ0v) is 13.9. The van der Waals surface area contributed by atoms with Crippen molar-refractivity contribution in [1.82, 2.24) is 0 Å². The van der Waals surface area contributed by atoms with Gasteiger partial charge in [-0.2, -0.15) is 0 Å². The smallest absolute Gasteiger partial charge is 0.227 e. The van der Waals surface area contributed by atoms with E-state index in [0.29, 0.717) is 19.4 Å². The maximum atomic E-state index is 12.5. The van der Waals surface area contributed by atoms with E-state index in [1.807, 2.05) is 67.3 Å². The summed E-state index contributed by atoms with van der Waals surface area (Å²) in [5.74, 6) is 0.131. The molecule has 0 radical (unpaired) electrons. The first kappa shape index (κ1) is 18.1. The molecule has 118 valence electrons. The Balaban J connectivity index is 0.00000242. The third-order valence-corrected chi connectivity index (χ3v) is 3.59. The van der Waals surface area contributed by atoms with Crippen LogP contribution in [0.3, 0.4) is 0 Å². The van der Waals surface area contributed by atoms with E-state index < -0.39 is 0 Å². The van der Waals surface area contributed by atoms with Crippen molar-refractivity contribution in [3.63, 3.8) is 0 Å². The Kier molecular flexibility index (Phi) is 6.93. The number of rotatable bonds is 5. The van der Waals surface area contributed by atoms with Crippen LogP contribution in [0.15, 0.2) is 48.5 Å². The Morgan fingerprint density at radius 2 is 1.86 bits per heavy atom. The lowest BCUT2D eigenvalue weighted by atomic mass is 10.1. The summed E-state index contributed by atoms with van der Waals surface area (Å²) in [6.45, 7) is 4.70. The van der Waals surface area contributed by atoms with Crippen molar-refractivity contribution in [3.05, 3.63) is 59.7 Å². The number of carbonyl (C=O) groups is 1. The van der Waals surface area contributed by atoms with Crippen LogP contribution in [-0.4, -0.2) is 12.5 Å². The number of nitrogens with two attached hydrogens (primary N) is 1. The summed E-state index contributed by atoms with van der Waals surface area (Å²) >= 11 is 0. The standard InChI is InChI=1S/C18H22N2O.ClH/c1-3-20(16-9-6-7-14(2)13-16)18(21)12-11-15-8-4-5-10-17(15)19;/h4-10,13H,3,11-12,19H2,1-2H3;1H. The fourth-order valence-corrected chi connectivity index (χ4v) is 2.44. The number of hydrogen-bond acceptors (Lipinski definition) is 2. The number of amides is 1. The van der Waals surface area contributed by atoms with Crippen molar-refractivity contribution >= 4 is 29.7 Å². The minimum absolute atomic E-state index is 0. The predicted molar refractivity (Wildman–Crippen MR) is 95.6 cm³/mol. The third kappa shape index (κ3) is 4.50. The molecule has 0 fully saturated rings. The van der Waals surface area contributed by atoms with Crippen LogP contribution in [0.5, 0.6) is 0 Å². The van der Waals surface area contributed by atoms with Crippen molar-refractivity contribution in [1.29, 1.82) is 0 Å². The highest BCUT2D eigenvalue weighted by Crippen LogP contribution is 2.18. The summed E-state index contributed by atoms with van der Waals surface area (Å²) in [4.78, 5) is 14.3. The maximum absolute atomic E-state index is 12.5. The molecule has 2 aromatic rings. The van der Waals surface area contributed by atoms with Gasteiger partial charge in [-0.15, -0.1) is 12.4 Å². The van der Waals surface area contributed by atoms with Crippen molar-refractivity contribution in [2.45, 2.75) is 26.7 Å². The minimum atomic E-state index is 0. The van der Waals surface area contributed by atoms with Crippen LogP contribution >= 0.6 is 12.4 Å². The van der Waals surface area contributed by atoms with E-state index in [9.17, 15) is 4.79 Å². The minimum Gasteiger partial charge on any atom is -0.399 e. The summed E-state index contributed by atoms with van der Waals surface area (Å²) in [5, 5.41) is 0. The van der Waals surface area contributed by atoms with E-state index in [1.54, 1.807) is 0 Å². The molecule has 0 saturated heterocycles. The van der Waals surface area contributed by atoms with Crippen LogP contribution in [0.4, 0.5) is 11.4 Å². The van der Waals surface area contributed by atoms with Gasteiger partial charge in [0.15, 0.2) is 0 Å². The highest BCUT2D eigenvalue weighted by molar-refractivity contribution is 5.93. The second-order valence-corrected chi connectivity index (χ2v) is 5.18. The molecule has 0 aliphatic carbocycles. The molecule has 0 saturated carbocycles. The van der Waals surface area contributed by atoms with Crippen LogP contribution in [0, 0.1) is 6.92 Å². The molecule has 0 atom stereocenters. The fraction of sp³-hybridized carbons (Fsp3) is 0.278. The van der Waals surface area contributed by atoms with Gasteiger partial charge < -0.3 is 10.6 Å². The molecule has 4 heteroatoms. The summed E-state index contributed by atoms with van der Waals surface area (Å²) in [6, 6.07) is 15.7. The highest BCUT2D eigenvalue weighted by Gasteiger charge is 2.14. The predicted octanol–water partition coefficient (Wildman–Crippen LogP) is 3.98. The molecule has 0 unspecified atom stereocenters. The van der Waals surface area contributed by atoms with Gasteiger partial charge in [0.2, 0.25) is 5.91 Å². The number of halogens is 1. The highest BCUT2D eigenvalue weighted by atomic mass is 35.5. The largest absolute Gasteiger partial charge is 0.399 e. The normalized spacial score (nSPS) is 9.91. The van der Waals surface area contributed by atoms with Gasteiger partial charge in [0.25, 0.3) is 0 Å². The zero-order chi connectivity index (χ0) is 15.2. The Morgan fingerprint density at radius 1 is 1.14 bits per heavy atom. The summed E-state index contributed by atoms with van der Waals surface area (Å²) in [6.07, 6.45) is 1.14. The average molecular weight is 319 g/mol. The molecule has 2 rings (SSSR count). The lowest BCUT2D eigenvalue weighted by molar-refractivity contribution is -0.118. The average Bonchev–Trinajstić information content (AvgIpc) is 2.47. The lowest BCUT2D eigenvalue weighted by Gasteiger charge is -2.21. The molecule has 0 heterocycles. The molecule has 3 nitrogen and oxygen atoms in total. The third-order valence-electron chi connectivity index (χ3n) is 3.59. The number of benzene rings is 2. The first-order chi connectivity index (χ1) is 10.1. The number of nitrogens with zero attached hydrogens (tertiary/aromatic N) is 1. The zero-order valence-electron chi connectivity index (χ0n) is 13.1. The van der Waals surface area contributed by atoms with Crippen molar-refractivity contribution in [3.8, 4) is 0 Å². The number of anilines is 2. The van der Waals surface area contributed by atoms with Gasteiger partial charge in [-0.1, -0.05) is 30.3 Å². The van der Waals surface area contributed by atoms with Gasteiger partial charge >= 0.3 is 0 Å². The van der Waals surface area contributed by atoms with Gasteiger partial charge in [0, 0.05) is 24.3 Å². The molecule has 2 N–H and O–H groups in total. The Labute approximate surface area is 138 Å². The molecular formula is C18H23ClN2O. The van der Waals surface area contributed by atoms with E-state index in [1.165, 1.54) is 0 Å². The molecule has 0 aromatic heterocycles. The van der Waals surface area contributed by atoms with E-state index in [4.69, 9.17) is 5.73 Å². The van der Waals surface area contributed by atoms with Gasteiger partial charge in [0.1, 0.15) is 0 Å². The molecule has 0 bridgehead atoms. The van der Waals surface area contributed by atoms with Crippen molar-refractivity contribution in [2.24, 2.45) is 0 Å². The first-order valence-electron chi connectivity index (χ1n) is 7.32. The fourth-order valence-electron chi connectivity index (χ4n) is 2.44. The van der Waals surface area contributed by atoms with Crippen LogP contribution < -0.4 is 10.6 Å². The maximum Gasteiger partial charge on any atom is 0.227 e. The van der Waals surface area contributed by atoms with Crippen LogP contribution in [0.2, 0.25) is 0 Å². The Bertz CT molecular complexity index is 628. The lowest BCUT2D eigenvalue weighted by Crippen LogP contribution is -2.30. The van der Waals surface area contributed by atoms with Gasteiger partial charge in [-0.3, -0.25) is 4.79 Å². The monoisotopic (exact) mass is 318 g/mol. The molecule has 22 heavy (non-hydrogen) atoms. The second kappa shape index (κ2) is 8.44. The molecule has 0 spiro atoms. The van der Waals surface area contributed by atoms with Crippen LogP contribution in [0.1, 0.15) is 24.5 Å². The van der Waals surface area contributed by atoms with Gasteiger partial charge in [-0.05, 0) is 49.6 Å². The Hall–Kier alpha value is -2.00. The molecule has 0 aliphatic heterocycles. The first-order valence-corrected chi connectivity index (χ1v) is 7.32. The number of nitrogen functional groups attached to an aromatic ring is 1. The van der Waals surface area contributed by atoms with Crippen LogP contribution in [0.25, 0.3) is 0 Å². The molecule has 0 aliphatic rings. The van der Waals surface area contributed by atoms with E-state index in [2.05, 4.69) is 0 Å². The van der Waals surface area contributed by atoms with Crippen molar-refractivity contribution < 1.29 is 4.79 Å². The van der Waals surface area contributed by atoms with Crippen LogP contribution in [-0.2, 0) is 11.2 Å². The molecular weight excluding hydrogens is 296 g/mol. The van der Waals surface area contributed by atoms with E-state index >= 15 is 0 Å². The number of carbonyl (C=O) groups excluding carboxylic acids is 1. The number of hydrogen-bond donors (Lipinski definition) is 1. The SMILES string of the molecule is CCN(C(=O)CCc1ccccc1N)c1cccc(C)c1.Cl.